The maximum atomic E-state index is 12.7. The molecule has 0 aliphatic carbocycles. The summed E-state index contributed by atoms with van der Waals surface area (Å²) in [6, 6.07) is 21.9. The van der Waals surface area contributed by atoms with E-state index < -0.39 is 5.97 Å². The highest BCUT2D eigenvalue weighted by molar-refractivity contribution is 5.91. The number of carbonyl (C=O) groups excluding carboxylic acids is 2. The third-order valence-electron chi connectivity index (χ3n) is 7.55. The van der Waals surface area contributed by atoms with E-state index >= 15 is 0 Å². The summed E-state index contributed by atoms with van der Waals surface area (Å²) in [5.41, 5.74) is 5.47. The van der Waals surface area contributed by atoms with Gasteiger partial charge in [-0.25, -0.2) is 4.79 Å². The van der Waals surface area contributed by atoms with Gasteiger partial charge in [0.1, 0.15) is 17.2 Å². The van der Waals surface area contributed by atoms with Gasteiger partial charge in [-0.3, -0.25) is 4.79 Å². The smallest absolute Gasteiger partial charge is 0.343 e. The van der Waals surface area contributed by atoms with Crippen LogP contribution in [-0.4, -0.2) is 18.5 Å². The van der Waals surface area contributed by atoms with Crippen LogP contribution in [0.1, 0.15) is 114 Å². The van der Waals surface area contributed by atoms with Gasteiger partial charge in [0.15, 0.2) is 0 Å². The second kappa shape index (κ2) is 21.6. The van der Waals surface area contributed by atoms with E-state index in [0.29, 0.717) is 17.1 Å². The molecule has 5 nitrogen and oxygen atoms in total. The molecule has 0 aliphatic rings. The van der Waals surface area contributed by atoms with Crippen molar-refractivity contribution in [1.82, 2.24) is 0 Å². The number of unbranched alkanes of at least 4 members (excludes halogenated alkanes) is 11. The van der Waals surface area contributed by atoms with E-state index in [-0.39, 0.29) is 12.4 Å². The minimum absolute atomic E-state index is 0.140. The SMILES string of the molecule is CCCCCC=C=CCC(=O)Oc1ccc(C(=O)Oc2ccc(-c3ccc(OCCCCCCCCCCC)cc3)cc2)cc1. The van der Waals surface area contributed by atoms with Gasteiger partial charge in [0, 0.05) is 0 Å². The summed E-state index contributed by atoms with van der Waals surface area (Å²) in [6.07, 6.45) is 19.9. The second-order valence-corrected chi connectivity index (χ2v) is 11.4. The van der Waals surface area contributed by atoms with Crippen LogP contribution in [-0.2, 0) is 4.79 Å². The van der Waals surface area contributed by atoms with Crippen LogP contribution in [0.15, 0.2) is 90.7 Å². The molecule has 0 saturated heterocycles. The number of rotatable bonds is 21. The molecule has 0 amide bonds. The molecule has 5 heteroatoms. The first-order valence-corrected chi connectivity index (χ1v) is 16.8. The summed E-state index contributed by atoms with van der Waals surface area (Å²) >= 11 is 0. The maximum absolute atomic E-state index is 12.7. The topological polar surface area (TPSA) is 61.8 Å². The lowest BCUT2D eigenvalue weighted by atomic mass is 10.1. The summed E-state index contributed by atoms with van der Waals surface area (Å²) in [6.45, 7) is 5.17. The zero-order valence-electron chi connectivity index (χ0n) is 27.2. The summed E-state index contributed by atoms with van der Waals surface area (Å²) in [4.78, 5) is 24.7. The van der Waals surface area contributed by atoms with Crippen LogP contribution < -0.4 is 14.2 Å². The number of hydrogen-bond acceptors (Lipinski definition) is 5. The van der Waals surface area contributed by atoms with Gasteiger partial charge >= 0.3 is 11.9 Å². The van der Waals surface area contributed by atoms with Crippen molar-refractivity contribution in [2.75, 3.05) is 6.61 Å². The molecule has 0 aliphatic heterocycles. The van der Waals surface area contributed by atoms with E-state index in [1.165, 1.54) is 64.2 Å². The Morgan fingerprint density at radius 1 is 0.578 bits per heavy atom. The second-order valence-electron chi connectivity index (χ2n) is 11.4. The Hall–Kier alpha value is -4.08. The predicted octanol–water partition coefficient (Wildman–Crippen LogP) is 11.1. The van der Waals surface area contributed by atoms with Crippen molar-refractivity contribution < 1.29 is 23.8 Å². The molecule has 0 radical (unpaired) electrons. The largest absolute Gasteiger partial charge is 0.494 e. The molecule has 0 heterocycles. The van der Waals surface area contributed by atoms with Crippen molar-refractivity contribution in [2.45, 2.75) is 104 Å². The van der Waals surface area contributed by atoms with Crippen LogP contribution in [0.4, 0.5) is 0 Å². The molecule has 3 aromatic carbocycles. The first kappa shape index (κ1) is 35.4. The van der Waals surface area contributed by atoms with Crippen molar-refractivity contribution in [2.24, 2.45) is 0 Å². The lowest BCUT2D eigenvalue weighted by molar-refractivity contribution is -0.133. The summed E-state index contributed by atoms with van der Waals surface area (Å²) in [5, 5.41) is 0. The van der Waals surface area contributed by atoms with E-state index in [0.717, 1.165) is 42.7 Å². The van der Waals surface area contributed by atoms with E-state index in [9.17, 15) is 9.59 Å². The Morgan fingerprint density at radius 3 is 1.71 bits per heavy atom. The molecule has 0 bridgehead atoms. The molecule has 0 unspecified atom stereocenters. The van der Waals surface area contributed by atoms with Crippen molar-refractivity contribution in [3.05, 3.63) is 96.2 Å². The van der Waals surface area contributed by atoms with E-state index in [1.54, 1.807) is 42.5 Å². The van der Waals surface area contributed by atoms with Gasteiger partial charge in [-0.1, -0.05) is 102 Å². The van der Waals surface area contributed by atoms with E-state index in [4.69, 9.17) is 14.2 Å². The number of benzene rings is 3. The Bertz CT molecular complexity index is 1320. The maximum Gasteiger partial charge on any atom is 0.343 e. The lowest BCUT2D eigenvalue weighted by Crippen LogP contribution is -2.09. The standard InChI is InChI=1S/C40H50O5/c1-3-5-7-9-11-12-14-16-18-32-43-36-26-20-33(21-27-36)34-22-28-38(29-23-34)45-40(42)35-24-30-37(31-25-35)44-39(41)19-17-15-13-10-8-6-4-2/h13,17,20-31H,3-12,14,16,18-19,32H2,1-2H3. The molecular formula is C40H50O5. The van der Waals surface area contributed by atoms with Crippen LogP contribution in [0.5, 0.6) is 17.2 Å². The minimum Gasteiger partial charge on any atom is -0.494 e. The van der Waals surface area contributed by atoms with Gasteiger partial charge in [-0.2, -0.15) is 0 Å². The molecule has 45 heavy (non-hydrogen) atoms. The molecule has 0 atom stereocenters. The number of carbonyl (C=O) groups is 2. The molecule has 0 saturated carbocycles. The minimum atomic E-state index is -0.481. The zero-order valence-corrected chi connectivity index (χ0v) is 27.2. The van der Waals surface area contributed by atoms with E-state index in [1.807, 2.05) is 42.5 Å². The normalized spacial score (nSPS) is 10.5. The summed E-state index contributed by atoms with van der Waals surface area (Å²) in [7, 11) is 0. The fraction of sp³-hybridized carbons (Fsp3) is 0.425. The average molecular weight is 611 g/mol. The fourth-order valence-electron chi connectivity index (χ4n) is 4.87. The van der Waals surface area contributed by atoms with Crippen molar-refractivity contribution in [3.63, 3.8) is 0 Å². The van der Waals surface area contributed by atoms with Crippen LogP contribution in [0.3, 0.4) is 0 Å². The van der Waals surface area contributed by atoms with Crippen LogP contribution >= 0.6 is 0 Å². The summed E-state index contributed by atoms with van der Waals surface area (Å²) < 4.78 is 16.8. The molecular weight excluding hydrogens is 560 g/mol. The molecule has 0 fully saturated rings. The van der Waals surface area contributed by atoms with Gasteiger partial charge in [0.05, 0.1) is 18.6 Å². The average Bonchev–Trinajstić information content (AvgIpc) is 3.06. The first-order chi connectivity index (χ1) is 22.1. The molecule has 0 spiro atoms. The third-order valence-corrected chi connectivity index (χ3v) is 7.55. The Kier molecular flexibility index (Phi) is 17.0. The van der Waals surface area contributed by atoms with Gasteiger partial charge in [0.2, 0.25) is 0 Å². The van der Waals surface area contributed by atoms with Crippen molar-refractivity contribution >= 4 is 11.9 Å². The lowest BCUT2D eigenvalue weighted by Gasteiger charge is -2.09. The third kappa shape index (κ3) is 14.5. The molecule has 0 aromatic heterocycles. The zero-order chi connectivity index (χ0) is 32.0. The number of esters is 2. The molecule has 0 N–H and O–H groups in total. The van der Waals surface area contributed by atoms with Crippen molar-refractivity contribution in [1.29, 1.82) is 0 Å². The Morgan fingerprint density at radius 2 is 1.09 bits per heavy atom. The molecule has 3 rings (SSSR count). The van der Waals surface area contributed by atoms with Gasteiger partial charge in [-0.05, 0) is 91.1 Å². The number of ether oxygens (including phenoxy) is 3. The predicted molar refractivity (Wildman–Crippen MR) is 183 cm³/mol. The van der Waals surface area contributed by atoms with Crippen molar-refractivity contribution in [3.8, 4) is 28.4 Å². The van der Waals surface area contributed by atoms with Crippen LogP contribution in [0.2, 0.25) is 0 Å². The first-order valence-electron chi connectivity index (χ1n) is 16.8. The van der Waals surface area contributed by atoms with Gasteiger partial charge < -0.3 is 14.2 Å². The van der Waals surface area contributed by atoms with Gasteiger partial charge in [-0.15, -0.1) is 5.73 Å². The summed E-state index contributed by atoms with van der Waals surface area (Å²) in [5.74, 6) is 0.851. The quantitative estimate of drug-likeness (QED) is 0.0520. The monoisotopic (exact) mass is 610 g/mol. The fourth-order valence-corrected chi connectivity index (χ4v) is 4.87. The highest BCUT2D eigenvalue weighted by Gasteiger charge is 2.10. The van der Waals surface area contributed by atoms with Crippen LogP contribution in [0.25, 0.3) is 11.1 Å². The van der Waals surface area contributed by atoms with Crippen LogP contribution in [0, 0.1) is 0 Å². The van der Waals surface area contributed by atoms with E-state index in [2.05, 4.69) is 19.6 Å². The Labute approximate surface area is 270 Å². The highest BCUT2D eigenvalue weighted by atomic mass is 16.5. The molecule has 240 valence electrons. The van der Waals surface area contributed by atoms with Gasteiger partial charge in [0.25, 0.3) is 0 Å². The molecule has 3 aromatic rings. The number of hydrogen-bond donors (Lipinski definition) is 0. The Balaban J connectivity index is 1.37. The highest BCUT2D eigenvalue weighted by Crippen LogP contribution is 2.25.